The summed E-state index contributed by atoms with van der Waals surface area (Å²) in [6.45, 7) is 3.41. The molecule has 0 radical (unpaired) electrons. The molecular weight excluding hydrogens is 290 g/mol. The number of nitrogens with zero attached hydrogens (tertiary/aromatic N) is 1. The van der Waals surface area contributed by atoms with Crippen molar-refractivity contribution in [2.24, 2.45) is 5.92 Å². The molecule has 0 spiro atoms. The lowest BCUT2D eigenvalue weighted by molar-refractivity contribution is -0.384. The van der Waals surface area contributed by atoms with Crippen LogP contribution in [0.25, 0.3) is 0 Å². The molecule has 0 saturated heterocycles. The second-order valence-electron chi connectivity index (χ2n) is 5.54. The Morgan fingerprint density at radius 3 is 2.64 bits per heavy atom. The monoisotopic (exact) mass is 307 g/mol. The first-order valence-corrected chi connectivity index (χ1v) is 6.90. The summed E-state index contributed by atoms with van der Waals surface area (Å²) in [6, 6.07) is 1.86. The van der Waals surface area contributed by atoms with E-state index < -0.39 is 16.9 Å². The summed E-state index contributed by atoms with van der Waals surface area (Å²) in [5.74, 6) is -1.51. The Bertz CT molecular complexity index is 642. The van der Waals surface area contributed by atoms with Crippen molar-refractivity contribution in [1.29, 1.82) is 0 Å². The van der Waals surface area contributed by atoms with E-state index in [0.29, 0.717) is 17.7 Å². The number of fused-ring (bicyclic) bond motifs is 1. The molecule has 0 aliphatic carbocycles. The van der Waals surface area contributed by atoms with Gasteiger partial charge in [-0.1, -0.05) is 13.8 Å². The number of benzene rings is 1. The number of rotatable bonds is 5. The van der Waals surface area contributed by atoms with E-state index in [4.69, 9.17) is 0 Å². The highest BCUT2D eigenvalue weighted by Crippen LogP contribution is 2.34. The van der Waals surface area contributed by atoms with Crippen molar-refractivity contribution in [3.63, 3.8) is 0 Å². The number of nitrogens with one attached hydrogen (secondary N) is 2. The first-order valence-electron chi connectivity index (χ1n) is 6.90. The molecule has 8 heteroatoms. The van der Waals surface area contributed by atoms with E-state index >= 15 is 0 Å². The number of carbonyl (C=O) groups excluding carboxylic acids is 1. The molecule has 0 bridgehead atoms. The van der Waals surface area contributed by atoms with Gasteiger partial charge in [-0.05, 0) is 24.0 Å². The van der Waals surface area contributed by atoms with Crippen molar-refractivity contribution in [3.05, 3.63) is 27.8 Å². The number of aryl methyl sites for hydroxylation is 1. The van der Waals surface area contributed by atoms with E-state index in [1.807, 2.05) is 0 Å². The van der Waals surface area contributed by atoms with Crippen LogP contribution in [0.15, 0.2) is 12.1 Å². The molecule has 1 aromatic carbocycles. The number of carbonyl (C=O) groups is 2. The molecule has 1 aliphatic rings. The molecule has 3 N–H and O–H groups in total. The molecule has 0 unspecified atom stereocenters. The number of hydrogen-bond donors (Lipinski definition) is 3. The maximum absolute atomic E-state index is 11.4. The lowest BCUT2D eigenvalue weighted by Crippen LogP contribution is -2.34. The third-order valence-electron chi connectivity index (χ3n) is 3.56. The zero-order valence-electron chi connectivity index (χ0n) is 12.3. The zero-order chi connectivity index (χ0) is 16.4. The van der Waals surface area contributed by atoms with Crippen LogP contribution in [-0.2, 0) is 16.0 Å². The van der Waals surface area contributed by atoms with Crippen molar-refractivity contribution in [1.82, 2.24) is 0 Å². The normalized spacial score (nSPS) is 15.0. The van der Waals surface area contributed by atoms with Gasteiger partial charge in [-0.2, -0.15) is 0 Å². The Kier molecular flexibility index (Phi) is 4.30. The van der Waals surface area contributed by atoms with Gasteiger partial charge in [-0.15, -0.1) is 0 Å². The molecule has 8 nitrogen and oxygen atoms in total. The summed E-state index contributed by atoms with van der Waals surface area (Å²) < 4.78 is 0. The SMILES string of the molecule is CC(C)[C@H](Nc1cc2c(cc1[N+](=O)[O-])CCC(=O)N2)C(=O)O. The van der Waals surface area contributed by atoms with Gasteiger partial charge in [0, 0.05) is 18.2 Å². The van der Waals surface area contributed by atoms with Crippen molar-refractivity contribution in [3.8, 4) is 0 Å². The van der Waals surface area contributed by atoms with Crippen LogP contribution in [0.1, 0.15) is 25.8 Å². The van der Waals surface area contributed by atoms with Gasteiger partial charge in [0.2, 0.25) is 5.91 Å². The van der Waals surface area contributed by atoms with Gasteiger partial charge in [0.1, 0.15) is 11.7 Å². The van der Waals surface area contributed by atoms with Crippen LogP contribution >= 0.6 is 0 Å². The number of carboxylic acids is 1. The third kappa shape index (κ3) is 3.16. The molecule has 0 saturated carbocycles. The van der Waals surface area contributed by atoms with E-state index in [9.17, 15) is 24.8 Å². The quantitative estimate of drug-likeness (QED) is 0.565. The standard InChI is InChI=1S/C14H17N3O5/c1-7(2)13(14(19)20)16-10-6-9-8(3-4-12(18)15-9)5-11(10)17(21)22/h5-7,13,16H,3-4H2,1-2H3,(H,15,18)(H,19,20)/t13-/m0/s1. The molecular formula is C14H17N3O5. The lowest BCUT2D eigenvalue weighted by Gasteiger charge is -2.22. The summed E-state index contributed by atoms with van der Waals surface area (Å²) >= 11 is 0. The number of amides is 1. The number of aliphatic carboxylic acids is 1. The van der Waals surface area contributed by atoms with E-state index in [1.54, 1.807) is 13.8 Å². The van der Waals surface area contributed by atoms with Crippen LogP contribution in [0.3, 0.4) is 0 Å². The molecule has 1 heterocycles. The fourth-order valence-electron chi connectivity index (χ4n) is 2.36. The van der Waals surface area contributed by atoms with Crippen molar-refractivity contribution in [2.45, 2.75) is 32.7 Å². The van der Waals surface area contributed by atoms with Gasteiger partial charge >= 0.3 is 5.97 Å². The summed E-state index contributed by atoms with van der Waals surface area (Å²) in [5.41, 5.74) is 1.05. The predicted octanol–water partition coefficient (Wildman–Crippen LogP) is 2.00. The zero-order valence-corrected chi connectivity index (χ0v) is 12.3. The first kappa shape index (κ1) is 15.7. The smallest absolute Gasteiger partial charge is 0.326 e. The summed E-state index contributed by atoms with van der Waals surface area (Å²) in [7, 11) is 0. The minimum atomic E-state index is -1.09. The maximum atomic E-state index is 11.4. The Balaban J connectivity index is 2.44. The minimum Gasteiger partial charge on any atom is -0.480 e. The average molecular weight is 307 g/mol. The summed E-state index contributed by atoms with van der Waals surface area (Å²) in [6.07, 6.45) is 0.704. The van der Waals surface area contributed by atoms with E-state index in [0.717, 1.165) is 0 Å². The van der Waals surface area contributed by atoms with Crippen molar-refractivity contribution >= 4 is 28.9 Å². The van der Waals surface area contributed by atoms with E-state index in [2.05, 4.69) is 10.6 Å². The van der Waals surface area contributed by atoms with Gasteiger partial charge in [0.15, 0.2) is 0 Å². The molecule has 0 aromatic heterocycles. The fraction of sp³-hybridized carbons (Fsp3) is 0.429. The molecule has 1 atom stereocenters. The van der Waals surface area contributed by atoms with Gasteiger partial charge in [0.05, 0.1) is 4.92 Å². The highest BCUT2D eigenvalue weighted by atomic mass is 16.6. The molecule has 1 amide bonds. The van der Waals surface area contributed by atoms with Gasteiger partial charge in [0.25, 0.3) is 5.69 Å². The van der Waals surface area contributed by atoms with E-state index in [1.165, 1.54) is 12.1 Å². The topological polar surface area (TPSA) is 122 Å². The largest absolute Gasteiger partial charge is 0.480 e. The van der Waals surface area contributed by atoms with Crippen LogP contribution in [-0.4, -0.2) is 27.9 Å². The molecule has 0 fully saturated rings. The molecule has 1 aliphatic heterocycles. The first-order chi connectivity index (χ1) is 10.3. The Hall–Kier alpha value is -2.64. The average Bonchev–Trinajstić information content (AvgIpc) is 2.42. The van der Waals surface area contributed by atoms with Crippen LogP contribution < -0.4 is 10.6 Å². The Labute approximate surface area is 126 Å². The summed E-state index contributed by atoms with van der Waals surface area (Å²) in [5, 5.41) is 25.8. The predicted molar refractivity (Wildman–Crippen MR) is 79.9 cm³/mol. The molecule has 2 rings (SSSR count). The fourth-order valence-corrected chi connectivity index (χ4v) is 2.36. The van der Waals surface area contributed by atoms with Gasteiger partial charge in [-0.25, -0.2) is 4.79 Å². The van der Waals surface area contributed by atoms with Crippen LogP contribution in [0.2, 0.25) is 0 Å². The summed E-state index contributed by atoms with van der Waals surface area (Å²) in [4.78, 5) is 33.4. The highest BCUT2D eigenvalue weighted by molar-refractivity contribution is 5.95. The van der Waals surface area contributed by atoms with Gasteiger partial charge < -0.3 is 15.7 Å². The lowest BCUT2D eigenvalue weighted by atomic mass is 10.00. The van der Waals surface area contributed by atoms with Crippen LogP contribution in [0.4, 0.5) is 17.1 Å². The van der Waals surface area contributed by atoms with Crippen molar-refractivity contribution < 1.29 is 19.6 Å². The number of hydrogen-bond acceptors (Lipinski definition) is 5. The number of carboxylic acid groups (broad SMARTS) is 1. The van der Waals surface area contributed by atoms with Crippen molar-refractivity contribution in [2.75, 3.05) is 10.6 Å². The van der Waals surface area contributed by atoms with Crippen LogP contribution in [0, 0.1) is 16.0 Å². The van der Waals surface area contributed by atoms with E-state index in [-0.39, 0.29) is 29.6 Å². The molecule has 118 valence electrons. The Morgan fingerprint density at radius 1 is 1.41 bits per heavy atom. The third-order valence-corrected chi connectivity index (χ3v) is 3.56. The maximum Gasteiger partial charge on any atom is 0.326 e. The highest BCUT2D eigenvalue weighted by Gasteiger charge is 2.27. The van der Waals surface area contributed by atoms with Crippen LogP contribution in [0.5, 0.6) is 0 Å². The molecule has 22 heavy (non-hydrogen) atoms. The number of nitro benzene ring substituents is 1. The second-order valence-corrected chi connectivity index (χ2v) is 5.54. The number of nitro groups is 1. The minimum absolute atomic E-state index is 0.0899. The van der Waals surface area contributed by atoms with Gasteiger partial charge in [-0.3, -0.25) is 14.9 Å². The second kappa shape index (κ2) is 6.00. The Morgan fingerprint density at radius 2 is 2.09 bits per heavy atom. The molecule has 1 aromatic rings. The number of anilines is 2.